The summed E-state index contributed by atoms with van der Waals surface area (Å²) in [5.74, 6) is 0.965. The van der Waals surface area contributed by atoms with Crippen LogP contribution < -0.4 is 10.2 Å². The number of aromatic nitrogens is 1. The number of hydrogen-bond donors (Lipinski definition) is 1. The standard InChI is InChI=1S/C20H21N3O4S/c1-4-26-20(25)23(3)15-9-7-14(8-10-15)21-18(24)12-16-13(2)27-19(22-16)17-6-5-11-28-17/h5-11H,4,12H2,1-3H3,(H,21,24). The van der Waals surface area contributed by atoms with Gasteiger partial charge in [0.25, 0.3) is 0 Å². The smallest absolute Gasteiger partial charge is 0.413 e. The maximum atomic E-state index is 12.4. The van der Waals surface area contributed by atoms with Crippen molar-refractivity contribution < 1.29 is 18.7 Å². The van der Waals surface area contributed by atoms with Gasteiger partial charge in [0, 0.05) is 18.4 Å². The minimum absolute atomic E-state index is 0.116. The number of aryl methyl sites for hydroxylation is 1. The molecule has 0 fully saturated rings. The maximum Gasteiger partial charge on any atom is 0.413 e. The highest BCUT2D eigenvalue weighted by molar-refractivity contribution is 7.13. The lowest BCUT2D eigenvalue weighted by Gasteiger charge is -2.16. The van der Waals surface area contributed by atoms with Crippen molar-refractivity contribution in [2.45, 2.75) is 20.3 Å². The van der Waals surface area contributed by atoms with Crippen LogP contribution in [0.15, 0.2) is 46.2 Å². The fourth-order valence-corrected chi connectivity index (χ4v) is 3.20. The number of nitrogens with one attached hydrogen (secondary N) is 1. The molecule has 28 heavy (non-hydrogen) atoms. The van der Waals surface area contributed by atoms with Crippen LogP contribution in [0.2, 0.25) is 0 Å². The molecule has 0 unspecified atom stereocenters. The van der Waals surface area contributed by atoms with Gasteiger partial charge < -0.3 is 14.5 Å². The Hall–Kier alpha value is -3.13. The Balaban J connectivity index is 1.62. The zero-order chi connectivity index (χ0) is 20.1. The molecular formula is C20H21N3O4S. The third-order valence-corrected chi connectivity index (χ3v) is 4.89. The molecule has 0 bridgehead atoms. The number of rotatable bonds is 6. The molecule has 0 aliphatic carbocycles. The molecule has 0 saturated heterocycles. The van der Waals surface area contributed by atoms with E-state index in [9.17, 15) is 9.59 Å². The Kier molecular flexibility index (Phi) is 6.10. The highest BCUT2D eigenvalue weighted by Gasteiger charge is 2.16. The zero-order valence-electron chi connectivity index (χ0n) is 15.9. The number of nitrogens with zero attached hydrogens (tertiary/aromatic N) is 2. The lowest BCUT2D eigenvalue weighted by Crippen LogP contribution is -2.26. The molecule has 1 aromatic carbocycles. The zero-order valence-corrected chi connectivity index (χ0v) is 16.7. The summed E-state index contributed by atoms with van der Waals surface area (Å²) in [5, 5.41) is 4.78. The second-order valence-corrected chi connectivity index (χ2v) is 6.98. The molecule has 2 amide bonds. The van der Waals surface area contributed by atoms with Crippen molar-refractivity contribution in [1.82, 2.24) is 4.98 Å². The Bertz CT molecular complexity index is 949. The molecule has 2 aromatic heterocycles. The van der Waals surface area contributed by atoms with E-state index in [1.165, 1.54) is 16.2 Å². The van der Waals surface area contributed by atoms with E-state index < -0.39 is 6.09 Å². The van der Waals surface area contributed by atoms with Crippen LogP contribution in [0.5, 0.6) is 0 Å². The highest BCUT2D eigenvalue weighted by atomic mass is 32.1. The summed E-state index contributed by atoms with van der Waals surface area (Å²) in [6.45, 7) is 3.87. The first-order chi connectivity index (χ1) is 13.5. The third-order valence-electron chi connectivity index (χ3n) is 4.03. The Morgan fingerprint density at radius 1 is 1.25 bits per heavy atom. The predicted molar refractivity (Wildman–Crippen MR) is 109 cm³/mol. The first-order valence-electron chi connectivity index (χ1n) is 8.78. The van der Waals surface area contributed by atoms with E-state index in [0.717, 1.165) is 4.88 Å². The van der Waals surface area contributed by atoms with Crippen LogP contribution in [0.3, 0.4) is 0 Å². The normalized spacial score (nSPS) is 10.5. The highest BCUT2D eigenvalue weighted by Crippen LogP contribution is 2.26. The molecule has 0 spiro atoms. The van der Waals surface area contributed by atoms with Gasteiger partial charge in [0.05, 0.1) is 23.6 Å². The number of ether oxygens (including phenoxy) is 1. The van der Waals surface area contributed by atoms with Crippen LogP contribution in [0.4, 0.5) is 16.2 Å². The molecular weight excluding hydrogens is 378 g/mol. The summed E-state index contributed by atoms with van der Waals surface area (Å²) >= 11 is 1.53. The fourth-order valence-electron chi connectivity index (χ4n) is 2.55. The van der Waals surface area contributed by atoms with Crippen molar-refractivity contribution in [3.8, 4) is 10.8 Å². The van der Waals surface area contributed by atoms with Gasteiger partial charge in [-0.3, -0.25) is 9.69 Å². The van der Waals surface area contributed by atoms with Crippen LogP contribution in [0, 0.1) is 6.92 Å². The largest absolute Gasteiger partial charge is 0.449 e. The van der Waals surface area contributed by atoms with Crippen molar-refractivity contribution in [2.75, 3.05) is 23.9 Å². The second kappa shape index (κ2) is 8.71. The average Bonchev–Trinajstić information content (AvgIpc) is 3.32. The van der Waals surface area contributed by atoms with E-state index in [1.54, 1.807) is 45.2 Å². The van der Waals surface area contributed by atoms with Crippen molar-refractivity contribution >= 4 is 34.7 Å². The molecule has 2 heterocycles. The van der Waals surface area contributed by atoms with Crippen LogP contribution >= 0.6 is 11.3 Å². The summed E-state index contributed by atoms with van der Waals surface area (Å²) in [6, 6.07) is 10.8. The van der Waals surface area contributed by atoms with Gasteiger partial charge in [0.1, 0.15) is 5.76 Å². The summed E-state index contributed by atoms with van der Waals surface area (Å²) in [4.78, 5) is 30.9. The minimum atomic E-state index is -0.428. The van der Waals surface area contributed by atoms with E-state index >= 15 is 0 Å². The first kappa shape index (κ1) is 19.6. The maximum absolute atomic E-state index is 12.4. The van der Waals surface area contributed by atoms with Crippen LogP contribution in [-0.4, -0.2) is 30.6 Å². The Morgan fingerprint density at radius 3 is 2.64 bits per heavy atom. The molecule has 7 nitrogen and oxygen atoms in total. The predicted octanol–water partition coefficient (Wildman–Crippen LogP) is 4.49. The molecule has 0 aliphatic heterocycles. The summed E-state index contributed by atoms with van der Waals surface area (Å²) in [6.07, 6.45) is -0.312. The third kappa shape index (κ3) is 4.58. The van der Waals surface area contributed by atoms with Crippen LogP contribution in [0.25, 0.3) is 10.8 Å². The quantitative estimate of drug-likeness (QED) is 0.660. The molecule has 8 heteroatoms. The minimum Gasteiger partial charge on any atom is -0.449 e. The fraction of sp³-hybridized carbons (Fsp3) is 0.250. The molecule has 146 valence electrons. The number of oxazole rings is 1. The van der Waals surface area contributed by atoms with E-state index in [1.807, 2.05) is 17.5 Å². The molecule has 1 N–H and O–H groups in total. The molecule has 0 radical (unpaired) electrons. The van der Waals surface area contributed by atoms with Gasteiger partial charge in [-0.05, 0) is 49.6 Å². The van der Waals surface area contributed by atoms with E-state index in [0.29, 0.717) is 35.3 Å². The number of thiophene rings is 1. The van der Waals surface area contributed by atoms with Crippen molar-refractivity contribution in [3.05, 3.63) is 53.2 Å². The van der Waals surface area contributed by atoms with Crippen molar-refractivity contribution in [3.63, 3.8) is 0 Å². The molecule has 0 atom stereocenters. The topological polar surface area (TPSA) is 84.7 Å². The monoisotopic (exact) mass is 399 g/mol. The molecule has 3 rings (SSSR count). The number of amides is 2. The number of anilines is 2. The van der Waals surface area contributed by atoms with Gasteiger partial charge in [0.15, 0.2) is 0 Å². The molecule has 3 aromatic rings. The van der Waals surface area contributed by atoms with Crippen LogP contribution in [-0.2, 0) is 16.0 Å². The summed E-state index contributed by atoms with van der Waals surface area (Å²) in [7, 11) is 1.63. The second-order valence-electron chi connectivity index (χ2n) is 6.03. The summed E-state index contributed by atoms with van der Waals surface area (Å²) < 4.78 is 10.6. The number of hydrogen-bond acceptors (Lipinski definition) is 6. The number of carbonyl (C=O) groups excluding carboxylic acids is 2. The van der Waals surface area contributed by atoms with Gasteiger partial charge >= 0.3 is 6.09 Å². The molecule has 0 aliphatic rings. The summed E-state index contributed by atoms with van der Waals surface area (Å²) in [5.41, 5.74) is 1.91. The Morgan fingerprint density at radius 2 is 2.00 bits per heavy atom. The van der Waals surface area contributed by atoms with Gasteiger partial charge in [-0.25, -0.2) is 9.78 Å². The van der Waals surface area contributed by atoms with Gasteiger partial charge in [-0.15, -0.1) is 11.3 Å². The SMILES string of the molecule is CCOC(=O)N(C)c1ccc(NC(=O)Cc2nc(-c3cccs3)oc2C)cc1. The van der Waals surface area contributed by atoms with Crippen LogP contribution in [0.1, 0.15) is 18.4 Å². The Labute approximate surface area is 167 Å². The van der Waals surface area contributed by atoms with E-state index in [-0.39, 0.29) is 12.3 Å². The molecule has 0 saturated carbocycles. The number of benzene rings is 1. The van der Waals surface area contributed by atoms with Gasteiger partial charge in [-0.1, -0.05) is 6.07 Å². The van der Waals surface area contributed by atoms with Gasteiger partial charge in [0.2, 0.25) is 11.8 Å². The van der Waals surface area contributed by atoms with Crippen molar-refractivity contribution in [1.29, 1.82) is 0 Å². The van der Waals surface area contributed by atoms with E-state index in [2.05, 4.69) is 10.3 Å². The van der Waals surface area contributed by atoms with Crippen molar-refractivity contribution in [2.24, 2.45) is 0 Å². The van der Waals surface area contributed by atoms with E-state index in [4.69, 9.17) is 9.15 Å². The lowest BCUT2D eigenvalue weighted by atomic mass is 10.2. The average molecular weight is 399 g/mol. The van der Waals surface area contributed by atoms with Gasteiger partial charge in [-0.2, -0.15) is 0 Å². The first-order valence-corrected chi connectivity index (χ1v) is 9.66. The lowest BCUT2D eigenvalue weighted by molar-refractivity contribution is -0.115. The number of carbonyl (C=O) groups is 2.